The Morgan fingerprint density at radius 2 is 1.81 bits per heavy atom. The van der Waals surface area contributed by atoms with E-state index in [2.05, 4.69) is 5.32 Å². The fraction of sp³-hybridized carbons (Fsp3) is 0.148. The minimum Gasteiger partial charge on any atom is -0.490 e. The molecule has 0 atom stereocenters. The standard InChI is InChI=1S/C27H22Cl2N2O4S2/c1-3-34-23-12-17(13-24-26(33)31(27(36)37-24)20-9-6-18(28)7-10-20)5-11-22(23)35-15-25(32)30-19-8-4-16(2)21(29)14-19/h4-14H,3,15H2,1-2H3,(H,30,32)/b24-13-. The van der Waals surface area contributed by atoms with E-state index in [-0.39, 0.29) is 18.4 Å². The molecule has 0 bridgehead atoms. The summed E-state index contributed by atoms with van der Waals surface area (Å²) < 4.78 is 11.9. The molecule has 1 aliphatic heterocycles. The molecule has 10 heteroatoms. The van der Waals surface area contributed by atoms with Crippen LogP contribution in [-0.4, -0.2) is 29.3 Å². The summed E-state index contributed by atoms with van der Waals surface area (Å²) in [6.45, 7) is 3.91. The Hall–Kier alpha value is -3.04. The first-order chi connectivity index (χ1) is 17.7. The Balaban J connectivity index is 1.46. The molecule has 0 aliphatic carbocycles. The Bertz CT molecular complexity index is 1390. The molecule has 4 rings (SSSR count). The number of carbonyl (C=O) groups is 2. The number of hydrogen-bond donors (Lipinski definition) is 1. The van der Waals surface area contributed by atoms with E-state index < -0.39 is 0 Å². The quantitative estimate of drug-likeness (QED) is 0.229. The van der Waals surface area contributed by atoms with E-state index in [1.54, 1.807) is 60.7 Å². The number of amides is 2. The summed E-state index contributed by atoms with van der Waals surface area (Å²) in [5, 5.41) is 3.90. The van der Waals surface area contributed by atoms with Gasteiger partial charge in [0.25, 0.3) is 11.8 Å². The van der Waals surface area contributed by atoms with Crippen LogP contribution in [0.2, 0.25) is 10.0 Å². The zero-order valence-electron chi connectivity index (χ0n) is 19.9. The molecule has 1 fully saturated rings. The summed E-state index contributed by atoms with van der Waals surface area (Å²) >= 11 is 18.7. The molecule has 1 aliphatic rings. The molecule has 0 saturated carbocycles. The highest BCUT2D eigenvalue weighted by atomic mass is 35.5. The normalized spacial score (nSPS) is 14.3. The first-order valence-corrected chi connectivity index (χ1v) is 13.2. The second-order valence-corrected chi connectivity index (χ2v) is 10.5. The number of benzene rings is 3. The molecular formula is C27H22Cl2N2O4S2. The van der Waals surface area contributed by atoms with Crippen LogP contribution in [0.5, 0.6) is 11.5 Å². The molecule has 1 N–H and O–H groups in total. The van der Waals surface area contributed by atoms with Gasteiger partial charge >= 0.3 is 0 Å². The average Bonchev–Trinajstić information content (AvgIpc) is 3.14. The highest BCUT2D eigenvalue weighted by molar-refractivity contribution is 8.27. The Morgan fingerprint density at radius 3 is 2.51 bits per heavy atom. The van der Waals surface area contributed by atoms with E-state index in [0.717, 1.165) is 11.1 Å². The summed E-state index contributed by atoms with van der Waals surface area (Å²) in [6, 6.07) is 17.4. The zero-order valence-corrected chi connectivity index (χ0v) is 23.1. The number of carbonyl (C=O) groups excluding carboxylic acids is 2. The van der Waals surface area contributed by atoms with Gasteiger partial charge in [0.1, 0.15) is 0 Å². The summed E-state index contributed by atoms with van der Waals surface area (Å²) in [6.07, 6.45) is 1.75. The smallest absolute Gasteiger partial charge is 0.270 e. The third-order valence-corrected chi connectivity index (χ3v) is 7.22. The number of nitrogens with one attached hydrogen (secondary N) is 1. The lowest BCUT2D eigenvalue weighted by Crippen LogP contribution is -2.27. The highest BCUT2D eigenvalue weighted by Crippen LogP contribution is 2.37. The molecule has 1 heterocycles. The molecule has 0 radical (unpaired) electrons. The van der Waals surface area contributed by atoms with Gasteiger partial charge in [-0.05, 0) is 79.6 Å². The van der Waals surface area contributed by atoms with Crippen LogP contribution in [0.4, 0.5) is 11.4 Å². The lowest BCUT2D eigenvalue weighted by atomic mass is 10.1. The molecule has 2 amide bonds. The van der Waals surface area contributed by atoms with Crippen LogP contribution in [-0.2, 0) is 9.59 Å². The van der Waals surface area contributed by atoms with Gasteiger partial charge in [0.2, 0.25) is 0 Å². The Labute approximate surface area is 234 Å². The molecule has 3 aromatic rings. The SMILES string of the molecule is CCOc1cc(/C=C2\SC(=S)N(c3ccc(Cl)cc3)C2=O)ccc1OCC(=O)Nc1ccc(C)c(Cl)c1. The van der Waals surface area contributed by atoms with Crippen molar-refractivity contribution < 1.29 is 19.1 Å². The predicted molar refractivity (Wildman–Crippen MR) is 155 cm³/mol. The third kappa shape index (κ3) is 6.64. The van der Waals surface area contributed by atoms with E-state index >= 15 is 0 Å². The fourth-order valence-corrected chi connectivity index (χ4v) is 5.05. The van der Waals surface area contributed by atoms with Crippen LogP contribution in [0.25, 0.3) is 6.08 Å². The van der Waals surface area contributed by atoms with Crippen molar-refractivity contribution in [3.63, 3.8) is 0 Å². The van der Waals surface area contributed by atoms with E-state index in [0.29, 0.717) is 48.8 Å². The van der Waals surface area contributed by atoms with Crippen molar-refractivity contribution in [2.75, 3.05) is 23.4 Å². The van der Waals surface area contributed by atoms with Gasteiger partial charge in [0.15, 0.2) is 22.4 Å². The summed E-state index contributed by atoms with van der Waals surface area (Å²) in [5.41, 5.74) is 2.89. The van der Waals surface area contributed by atoms with Crippen LogP contribution in [0.1, 0.15) is 18.1 Å². The van der Waals surface area contributed by atoms with Crippen LogP contribution < -0.4 is 19.7 Å². The van der Waals surface area contributed by atoms with Gasteiger partial charge < -0.3 is 14.8 Å². The van der Waals surface area contributed by atoms with E-state index in [9.17, 15) is 9.59 Å². The van der Waals surface area contributed by atoms with Crippen LogP contribution >= 0.6 is 47.2 Å². The minimum absolute atomic E-state index is 0.218. The number of ether oxygens (including phenoxy) is 2. The van der Waals surface area contributed by atoms with Crippen molar-refractivity contribution in [3.8, 4) is 11.5 Å². The number of aryl methyl sites for hydroxylation is 1. The van der Waals surface area contributed by atoms with Crippen LogP contribution in [0.15, 0.2) is 65.6 Å². The molecule has 0 aromatic heterocycles. The fourth-order valence-electron chi connectivity index (χ4n) is 3.44. The lowest BCUT2D eigenvalue weighted by molar-refractivity contribution is -0.118. The van der Waals surface area contributed by atoms with Gasteiger partial charge in [-0.1, -0.05) is 59.3 Å². The van der Waals surface area contributed by atoms with Crippen molar-refractivity contribution in [2.24, 2.45) is 0 Å². The summed E-state index contributed by atoms with van der Waals surface area (Å²) in [4.78, 5) is 27.4. The van der Waals surface area contributed by atoms with Crippen molar-refractivity contribution in [3.05, 3.63) is 86.7 Å². The van der Waals surface area contributed by atoms with Gasteiger partial charge in [0, 0.05) is 15.7 Å². The van der Waals surface area contributed by atoms with E-state index in [1.165, 1.54) is 16.7 Å². The molecule has 1 saturated heterocycles. The van der Waals surface area contributed by atoms with Gasteiger partial charge in [-0.3, -0.25) is 14.5 Å². The second-order valence-electron chi connectivity index (χ2n) is 7.93. The molecule has 0 unspecified atom stereocenters. The maximum atomic E-state index is 13.1. The molecule has 37 heavy (non-hydrogen) atoms. The van der Waals surface area contributed by atoms with Crippen molar-refractivity contribution in [1.29, 1.82) is 0 Å². The van der Waals surface area contributed by atoms with Crippen molar-refractivity contribution >= 4 is 80.8 Å². The number of anilines is 2. The summed E-state index contributed by atoms with van der Waals surface area (Å²) in [7, 11) is 0. The van der Waals surface area contributed by atoms with Crippen LogP contribution in [0, 0.1) is 6.92 Å². The number of thiocarbonyl (C=S) groups is 1. The zero-order chi connectivity index (χ0) is 26.5. The number of halogens is 2. The lowest BCUT2D eigenvalue weighted by Gasteiger charge is -2.14. The molecular weight excluding hydrogens is 551 g/mol. The molecule has 190 valence electrons. The minimum atomic E-state index is -0.336. The topological polar surface area (TPSA) is 67.9 Å². The van der Waals surface area contributed by atoms with E-state index in [4.69, 9.17) is 44.9 Å². The van der Waals surface area contributed by atoms with Gasteiger partial charge in [-0.25, -0.2) is 0 Å². The average molecular weight is 574 g/mol. The number of nitrogens with zero attached hydrogens (tertiary/aromatic N) is 1. The first-order valence-electron chi connectivity index (χ1n) is 11.2. The Kier molecular flexibility index (Phi) is 8.76. The maximum absolute atomic E-state index is 13.1. The monoisotopic (exact) mass is 572 g/mol. The van der Waals surface area contributed by atoms with Gasteiger partial charge in [-0.2, -0.15) is 0 Å². The molecule has 0 spiro atoms. The van der Waals surface area contributed by atoms with Crippen molar-refractivity contribution in [2.45, 2.75) is 13.8 Å². The largest absolute Gasteiger partial charge is 0.490 e. The Morgan fingerprint density at radius 1 is 1.05 bits per heavy atom. The number of rotatable bonds is 8. The third-order valence-electron chi connectivity index (χ3n) is 5.26. The number of thioether (sulfide) groups is 1. The van der Waals surface area contributed by atoms with Gasteiger partial charge in [-0.15, -0.1) is 0 Å². The summed E-state index contributed by atoms with van der Waals surface area (Å²) in [5.74, 6) is 0.307. The number of hydrogen-bond acceptors (Lipinski definition) is 6. The first kappa shape index (κ1) is 27.0. The molecule has 6 nitrogen and oxygen atoms in total. The predicted octanol–water partition coefficient (Wildman–Crippen LogP) is 7.12. The highest BCUT2D eigenvalue weighted by Gasteiger charge is 2.33. The van der Waals surface area contributed by atoms with Gasteiger partial charge in [0.05, 0.1) is 17.2 Å². The molecule has 3 aromatic carbocycles. The second kappa shape index (κ2) is 12.0. The van der Waals surface area contributed by atoms with Crippen molar-refractivity contribution in [1.82, 2.24) is 0 Å². The maximum Gasteiger partial charge on any atom is 0.270 e. The van der Waals surface area contributed by atoms with E-state index in [1.807, 2.05) is 19.9 Å². The van der Waals surface area contributed by atoms with Crippen LogP contribution in [0.3, 0.4) is 0 Å².